The number of halogens is 1. The zero-order valence-electron chi connectivity index (χ0n) is 20.6. The van der Waals surface area contributed by atoms with Crippen LogP contribution in [0.4, 0.5) is 0 Å². The predicted octanol–water partition coefficient (Wildman–Crippen LogP) is 7.30. The molecule has 0 aliphatic carbocycles. The second kappa shape index (κ2) is 11.3. The number of nitrogens with zero attached hydrogens (tertiary/aromatic N) is 2. The van der Waals surface area contributed by atoms with Gasteiger partial charge in [-0.15, -0.1) is 6.58 Å². The van der Waals surface area contributed by atoms with E-state index in [1.807, 2.05) is 36.4 Å². The van der Waals surface area contributed by atoms with Gasteiger partial charge >= 0.3 is 0 Å². The van der Waals surface area contributed by atoms with E-state index in [1.165, 1.54) is 0 Å². The molecule has 3 atom stereocenters. The number of ether oxygens (including phenoxy) is 1. The molecule has 5 rings (SSSR count). The molecule has 1 aliphatic rings. The van der Waals surface area contributed by atoms with Crippen LogP contribution >= 0.6 is 15.9 Å². The molecule has 4 aromatic carbocycles. The van der Waals surface area contributed by atoms with Gasteiger partial charge < -0.3 is 4.74 Å². The van der Waals surface area contributed by atoms with Gasteiger partial charge in [0.05, 0.1) is 12.7 Å². The molecular weight excluding hydrogens is 520 g/mol. The van der Waals surface area contributed by atoms with Gasteiger partial charge in [-0.3, -0.25) is 4.90 Å². The Morgan fingerprint density at radius 3 is 1.73 bits per heavy atom. The van der Waals surface area contributed by atoms with Gasteiger partial charge in [-0.05, 0) is 34.4 Å². The lowest BCUT2D eigenvalue weighted by Gasteiger charge is -2.53. The molecule has 0 amide bonds. The molecule has 1 fully saturated rings. The number of hydrogen-bond donors (Lipinski definition) is 0. The summed E-state index contributed by atoms with van der Waals surface area (Å²) in [5.41, 5.74) is 3.55. The largest absolute Gasteiger partial charge is 0.359 e. The Balaban J connectivity index is 1.59. The number of hydrogen-bond acceptors (Lipinski definition) is 3. The Hall–Kier alpha value is -3.49. The van der Waals surface area contributed by atoms with Crippen molar-refractivity contribution in [3.63, 3.8) is 0 Å². The standard InChI is InChI=1S/C33H29BrN2O/c1-2-22-36-30(23-35)32(25-18-20-29(34)21-19-25)31(36)24-37-33(26-12-6-3-7-13-26,27-14-8-4-9-15-27)28-16-10-5-11-17-28/h2-21,30-32H,1,22,24H2/t30-,31?,32+/m0/s1. The first kappa shape index (κ1) is 25.2. The third-order valence-corrected chi connectivity index (χ3v) is 7.81. The first-order valence-electron chi connectivity index (χ1n) is 12.5. The van der Waals surface area contributed by atoms with Crippen LogP contribution in [0.1, 0.15) is 28.2 Å². The molecule has 4 heteroatoms. The zero-order chi connectivity index (χ0) is 25.7. The van der Waals surface area contributed by atoms with E-state index < -0.39 is 5.60 Å². The van der Waals surface area contributed by atoms with E-state index in [-0.39, 0.29) is 18.0 Å². The summed E-state index contributed by atoms with van der Waals surface area (Å²) < 4.78 is 8.17. The molecule has 3 nitrogen and oxygen atoms in total. The van der Waals surface area contributed by atoms with Crippen LogP contribution in [0.15, 0.2) is 132 Å². The van der Waals surface area contributed by atoms with E-state index in [1.54, 1.807) is 0 Å². The van der Waals surface area contributed by atoms with E-state index in [9.17, 15) is 5.26 Å². The molecular formula is C33H29BrN2O. The van der Waals surface area contributed by atoms with Gasteiger partial charge in [0.25, 0.3) is 0 Å². The van der Waals surface area contributed by atoms with Crippen molar-refractivity contribution in [2.45, 2.75) is 23.6 Å². The quantitative estimate of drug-likeness (QED) is 0.162. The van der Waals surface area contributed by atoms with Gasteiger partial charge in [0.1, 0.15) is 11.6 Å². The van der Waals surface area contributed by atoms with Crippen molar-refractivity contribution >= 4 is 15.9 Å². The van der Waals surface area contributed by atoms with Crippen LogP contribution in [-0.4, -0.2) is 30.1 Å². The fourth-order valence-corrected chi connectivity index (χ4v) is 5.81. The summed E-state index contributed by atoms with van der Waals surface area (Å²) in [6, 6.07) is 41.9. The lowest BCUT2D eigenvalue weighted by atomic mass is 9.75. The fourth-order valence-electron chi connectivity index (χ4n) is 5.55. The van der Waals surface area contributed by atoms with Crippen molar-refractivity contribution in [3.8, 4) is 6.07 Å². The summed E-state index contributed by atoms with van der Waals surface area (Å²) in [6.07, 6.45) is 1.87. The van der Waals surface area contributed by atoms with Crippen LogP contribution in [0.25, 0.3) is 0 Å². The Bertz CT molecular complexity index is 1250. The summed E-state index contributed by atoms with van der Waals surface area (Å²) in [5.74, 6) is 0.0399. The fraction of sp³-hybridized carbons (Fsp3) is 0.182. The minimum atomic E-state index is -0.800. The maximum atomic E-state index is 10.1. The maximum Gasteiger partial charge on any atom is 0.143 e. The van der Waals surface area contributed by atoms with Crippen molar-refractivity contribution in [3.05, 3.63) is 155 Å². The lowest BCUT2D eigenvalue weighted by molar-refractivity contribution is -0.0750. The number of likely N-dealkylation sites (tertiary alicyclic amines) is 1. The summed E-state index contributed by atoms with van der Waals surface area (Å²) in [7, 11) is 0. The Morgan fingerprint density at radius 2 is 1.30 bits per heavy atom. The minimum absolute atomic E-state index is 0.0272. The van der Waals surface area contributed by atoms with E-state index in [2.05, 4.69) is 118 Å². The molecule has 37 heavy (non-hydrogen) atoms. The molecule has 0 spiro atoms. The van der Waals surface area contributed by atoms with Crippen molar-refractivity contribution in [1.82, 2.24) is 4.90 Å². The average molecular weight is 550 g/mol. The maximum absolute atomic E-state index is 10.1. The highest BCUT2D eigenvalue weighted by atomic mass is 79.9. The van der Waals surface area contributed by atoms with E-state index >= 15 is 0 Å². The van der Waals surface area contributed by atoms with Gasteiger partial charge in [0, 0.05) is 23.0 Å². The molecule has 184 valence electrons. The number of rotatable bonds is 9. The van der Waals surface area contributed by atoms with Gasteiger partial charge in [-0.1, -0.05) is 125 Å². The van der Waals surface area contributed by atoms with E-state index in [4.69, 9.17) is 4.74 Å². The minimum Gasteiger partial charge on any atom is -0.359 e. The topological polar surface area (TPSA) is 36.3 Å². The molecule has 0 N–H and O–H groups in total. The monoisotopic (exact) mass is 548 g/mol. The molecule has 1 heterocycles. The Labute approximate surface area is 227 Å². The molecule has 1 unspecified atom stereocenters. The highest BCUT2D eigenvalue weighted by Crippen LogP contribution is 2.45. The summed E-state index contributed by atoms with van der Waals surface area (Å²) in [4.78, 5) is 2.20. The van der Waals surface area contributed by atoms with Gasteiger partial charge in [-0.25, -0.2) is 0 Å². The average Bonchev–Trinajstić information content (AvgIpc) is 2.95. The van der Waals surface area contributed by atoms with Crippen molar-refractivity contribution in [1.29, 1.82) is 5.26 Å². The lowest BCUT2D eigenvalue weighted by Crippen LogP contribution is -2.63. The van der Waals surface area contributed by atoms with Crippen LogP contribution in [0.2, 0.25) is 0 Å². The van der Waals surface area contributed by atoms with Crippen molar-refractivity contribution in [2.24, 2.45) is 0 Å². The van der Waals surface area contributed by atoms with E-state index in [0.29, 0.717) is 13.2 Å². The molecule has 1 saturated heterocycles. The summed E-state index contributed by atoms with van der Waals surface area (Å²) in [6.45, 7) is 5.03. The second-order valence-corrected chi connectivity index (χ2v) is 10.2. The normalized spacial score (nSPS) is 19.5. The molecule has 0 saturated carbocycles. The highest BCUT2D eigenvalue weighted by molar-refractivity contribution is 9.10. The predicted molar refractivity (Wildman–Crippen MR) is 152 cm³/mol. The number of nitriles is 1. The van der Waals surface area contributed by atoms with Crippen LogP contribution in [0.5, 0.6) is 0 Å². The Kier molecular flexibility index (Phi) is 7.67. The van der Waals surface area contributed by atoms with E-state index in [0.717, 1.165) is 26.7 Å². The van der Waals surface area contributed by atoms with Gasteiger partial charge in [0.2, 0.25) is 0 Å². The van der Waals surface area contributed by atoms with Crippen LogP contribution in [-0.2, 0) is 10.3 Å². The highest BCUT2D eigenvalue weighted by Gasteiger charge is 2.50. The number of benzene rings is 4. The van der Waals surface area contributed by atoms with Crippen LogP contribution in [0.3, 0.4) is 0 Å². The third-order valence-electron chi connectivity index (χ3n) is 7.28. The molecule has 1 aliphatic heterocycles. The molecule has 0 aromatic heterocycles. The zero-order valence-corrected chi connectivity index (χ0v) is 22.2. The van der Waals surface area contributed by atoms with Crippen LogP contribution in [0, 0.1) is 11.3 Å². The first-order valence-corrected chi connectivity index (χ1v) is 13.3. The molecule has 4 aromatic rings. The first-order chi connectivity index (χ1) is 18.2. The van der Waals surface area contributed by atoms with Crippen molar-refractivity contribution < 1.29 is 4.74 Å². The third kappa shape index (κ3) is 4.79. The summed E-state index contributed by atoms with van der Waals surface area (Å²) >= 11 is 3.54. The van der Waals surface area contributed by atoms with Gasteiger partial charge in [0.15, 0.2) is 0 Å². The second-order valence-electron chi connectivity index (χ2n) is 9.29. The smallest absolute Gasteiger partial charge is 0.143 e. The summed E-state index contributed by atoms with van der Waals surface area (Å²) in [5, 5.41) is 10.1. The van der Waals surface area contributed by atoms with Gasteiger partial charge in [-0.2, -0.15) is 5.26 Å². The molecule has 0 bridgehead atoms. The SMILES string of the molecule is C=CCN1C(COC(c2ccccc2)(c2ccccc2)c2ccccc2)[C@H](c2ccc(Br)cc2)[C@@H]1C#N. The van der Waals surface area contributed by atoms with Crippen molar-refractivity contribution in [2.75, 3.05) is 13.2 Å². The van der Waals surface area contributed by atoms with Crippen LogP contribution < -0.4 is 0 Å². The Morgan fingerprint density at radius 1 is 0.811 bits per heavy atom. The molecule has 0 radical (unpaired) electrons.